The monoisotopic (exact) mass is 472 g/mol. The van der Waals surface area contributed by atoms with Crippen molar-refractivity contribution in [2.75, 3.05) is 26.0 Å². The number of hydrogen-bond donors (Lipinski definition) is 1. The Morgan fingerprint density at radius 1 is 1.23 bits per heavy atom. The molecule has 3 aromatic rings. The number of ether oxygens (including phenoxy) is 1. The molecule has 1 N–H and O–H groups in total. The Kier molecular flexibility index (Phi) is 5.76. The molecule has 8 heteroatoms. The number of carbonyl (C=O) groups is 1. The zero-order chi connectivity index (χ0) is 21.3. The van der Waals surface area contributed by atoms with Crippen molar-refractivity contribution in [2.24, 2.45) is 0 Å². The van der Waals surface area contributed by atoms with E-state index in [1.165, 1.54) is 13.2 Å². The number of amides is 1. The Labute approximate surface area is 182 Å². The predicted octanol–water partition coefficient (Wildman–Crippen LogP) is 4.08. The standard InChI is InChI=1S/C22H22BrFN4O2/c1-25-22-26-6-8-28(22)13-15-9-17-16(18(23)10-15)5-7-27(21(17)29)12-14-3-4-19(24)20(11-14)30-2/h3-4,6,8-11H,5,7,12-13H2,1-2H3,(H,25,26). The first-order valence-electron chi connectivity index (χ1n) is 9.62. The van der Waals surface area contributed by atoms with Gasteiger partial charge in [0, 0.05) is 42.6 Å². The van der Waals surface area contributed by atoms with Gasteiger partial charge in [0.25, 0.3) is 5.91 Å². The predicted molar refractivity (Wildman–Crippen MR) is 116 cm³/mol. The van der Waals surface area contributed by atoms with E-state index in [4.69, 9.17) is 4.74 Å². The smallest absolute Gasteiger partial charge is 0.254 e. The van der Waals surface area contributed by atoms with Gasteiger partial charge in [-0.1, -0.05) is 22.0 Å². The van der Waals surface area contributed by atoms with Crippen LogP contribution < -0.4 is 10.1 Å². The molecular weight excluding hydrogens is 451 g/mol. The van der Waals surface area contributed by atoms with Crippen LogP contribution in [0.1, 0.15) is 27.0 Å². The van der Waals surface area contributed by atoms with E-state index in [9.17, 15) is 9.18 Å². The lowest BCUT2D eigenvalue weighted by molar-refractivity contribution is 0.0726. The summed E-state index contributed by atoms with van der Waals surface area (Å²) in [4.78, 5) is 19.3. The van der Waals surface area contributed by atoms with E-state index in [2.05, 4.69) is 32.3 Å². The lowest BCUT2D eigenvalue weighted by Crippen LogP contribution is -2.37. The van der Waals surface area contributed by atoms with Crippen molar-refractivity contribution in [3.63, 3.8) is 0 Å². The summed E-state index contributed by atoms with van der Waals surface area (Å²) in [5.74, 6) is 0.511. The number of anilines is 1. The van der Waals surface area contributed by atoms with Crippen molar-refractivity contribution in [3.05, 3.63) is 75.3 Å². The highest BCUT2D eigenvalue weighted by Gasteiger charge is 2.27. The van der Waals surface area contributed by atoms with Gasteiger partial charge >= 0.3 is 0 Å². The zero-order valence-corrected chi connectivity index (χ0v) is 18.4. The van der Waals surface area contributed by atoms with Gasteiger partial charge in [-0.3, -0.25) is 4.79 Å². The van der Waals surface area contributed by atoms with Crippen LogP contribution >= 0.6 is 15.9 Å². The summed E-state index contributed by atoms with van der Waals surface area (Å²) in [6.45, 7) is 1.61. The third kappa shape index (κ3) is 3.92. The summed E-state index contributed by atoms with van der Waals surface area (Å²) in [6, 6.07) is 8.72. The van der Waals surface area contributed by atoms with Crippen molar-refractivity contribution in [1.29, 1.82) is 0 Å². The van der Waals surface area contributed by atoms with Gasteiger partial charge in [0.05, 0.1) is 13.7 Å². The number of halogens is 2. The molecule has 0 aliphatic carbocycles. The Morgan fingerprint density at radius 3 is 2.83 bits per heavy atom. The quantitative estimate of drug-likeness (QED) is 0.586. The molecule has 0 spiro atoms. The molecule has 0 saturated heterocycles. The highest BCUT2D eigenvalue weighted by atomic mass is 79.9. The third-order valence-corrected chi connectivity index (χ3v) is 5.99. The summed E-state index contributed by atoms with van der Waals surface area (Å²) in [7, 11) is 3.26. The lowest BCUT2D eigenvalue weighted by Gasteiger charge is -2.30. The molecule has 0 atom stereocenters. The Morgan fingerprint density at radius 2 is 2.07 bits per heavy atom. The minimum Gasteiger partial charge on any atom is -0.494 e. The summed E-state index contributed by atoms with van der Waals surface area (Å²) < 4.78 is 21.7. The second-order valence-corrected chi connectivity index (χ2v) is 8.03. The summed E-state index contributed by atoms with van der Waals surface area (Å²) in [6.07, 6.45) is 4.39. The molecule has 0 unspecified atom stereocenters. The van der Waals surface area contributed by atoms with Crippen LogP contribution in [0.3, 0.4) is 0 Å². The van der Waals surface area contributed by atoms with Crippen molar-refractivity contribution in [1.82, 2.24) is 14.5 Å². The van der Waals surface area contributed by atoms with E-state index in [1.807, 2.05) is 23.9 Å². The Balaban J connectivity index is 1.59. The lowest BCUT2D eigenvalue weighted by atomic mass is 9.96. The molecule has 6 nitrogen and oxygen atoms in total. The van der Waals surface area contributed by atoms with Crippen LogP contribution in [0, 0.1) is 5.82 Å². The molecule has 1 aliphatic heterocycles. The number of carbonyl (C=O) groups excluding carboxylic acids is 1. The summed E-state index contributed by atoms with van der Waals surface area (Å²) in [5, 5.41) is 3.06. The molecule has 156 valence electrons. The van der Waals surface area contributed by atoms with Gasteiger partial charge in [-0.05, 0) is 47.4 Å². The Bertz CT molecular complexity index is 1100. The average molecular weight is 473 g/mol. The molecular formula is C22H22BrFN4O2. The highest BCUT2D eigenvalue weighted by Crippen LogP contribution is 2.30. The second kappa shape index (κ2) is 8.47. The SMILES string of the molecule is CNc1nccn1Cc1cc(Br)c2c(c1)C(=O)N(Cc1ccc(F)c(OC)c1)CC2. The summed E-state index contributed by atoms with van der Waals surface area (Å²) >= 11 is 3.64. The van der Waals surface area contributed by atoms with Gasteiger partial charge in [0.15, 0.2) is 11.6 Å². The van der Waals surface area contributed by atoms with Gasteiger partial charge < -0.3 is 19.5 Å². The fraction of sp³-hybridized carbons (Fsp3) is 0.273. The molecule has 1 amide bonds. The minimum atomic E-state index is -0.412. The maximum atomic E-state index is 13.7. The van der Waals surface area contributed by atoms with Gasteiger partial charge in [0.1, 0.15) is 0 Å². The van der Waals surface area contributed by atoms with Gasteiger partial charge in [0.2, 0.25) is 5.95 Å². The number of nitrogens with one attached hydrogen (secondary N) is 1. The number of rotatable bonds is 6. The molecule has 0 fully saturated rings. The van der Waals surface area contributed by atoms with Gasteiger partial charge in [-0.2, -0.15) is 0 Å². The zero-order valence-electron chi connectivity index (χ0n) is 16.8. The maximum absolute atomic E-state index is 13.7. The average Bonchev–Trinajstić information content (AvgIpc) is 3.19. The van der Waals surface area contributed by atoms with E-state index in [0.717, 1.165) is 33.5 Å². The molecule has 0 bridgehead atoms. The highest BCUT2D eigenvalue weighted by molar-refractivity contribution is 9.10. The van der Waals surface area contributed by atoms with E-state index in [-0.39, 0.29) is 11.7 Å². The van der Waals surface area contributed by atoms with Crippen LogP contribution in [-0.4, -0.2) is 41.1 Å². The number of imidazole rings is 1. The molecule has 1 aromatic heterocycles. The van der Waals surface area contributed by atoms with Crippen molar-refractivity contribution in [3.8, 4) is 5.75 Å². The van der Waals surface area contributed by atoms with E-state index < -0.39 is 5.82 Å². The second-order valence-electron chi connectivity index (χ2n) is 7.18. The molecule has 0 saturated carbocycles. The molecule has 0 radical (unpaired) electrons. The van der Waals surface area contributed by atoms with Crippen LogP contribution in [0.5, 0.6) is 5.75 Å². The number of fused-ring (bicyclic) bond motifs is 1. The van der Waals surface area contributed by atoms with E-state index >= 15 is 0 Å². The first-order valence-corrected chi connectivity index (χ1v) is 10.4. The topological polar surface area (TPSA) is 59.4 Å². The molecule has 2 heterocycles. The van der Waals surface area contributed by atoms with Crippen LogP contribution in [0.4, 0.5) is 10.3 Å². The number of hydrogen-bond acceptors (Lipinski definition) is 4. The molecule has 1 aliphatic rings. The van der Waals surface area contributed by atoms with Crippen LogP contribution in [0.15, 0.2) is 47.2 Å². The number of aromatic nitrogens is 2. The van der Waals surface area contributed by atoms with Crippen molar-refractivity contribution >= 4 is 27.8 Å². The number of nitrogens with zero attached hydrogens (tertiary/aromatic N) is 3. The van der Waals surface area contributed by atoms with E-state index in [1.54, 1.807) is 23.2 Å². The molecule has 30 heavy (non-hydrogen) atoms. The first kappa shape index (κ1) is 20.4. The summed E-state index contributed by atoms with van der Waals surface area (Å²) in [5.41, 5.74) is 3.56. The fourth-order valence-electron chi connectivity index (χ4n) is 3.78. The number of benzene rings is 2. The minimum absolute atomic E-state index is 0.0263. The van der Waals surface area contributed by atoms with Crippen LogP contribution in [0.2, 0.25) is 0 Å². The van der Waals surface area contributed by atoms with Crippen molar-refractivity contribution < 1.29 is 13.9 Å². The maximum Gasteiger partial charge on any atom is 0.254 e. The van der Waals surface area contributed by atoms with E-state index in [0.29, 0.717) is 25.2 Å². The molecule has 4 rings (SSSR count). The largest absolute Gasteiger partial charge is 0.494 e. The van der Waals surface area contributed by atoms with Gasteiger partial charge in [-0.25, -0.2) is 9.37 Å². The van der Waals surface area contributed by atoms with Crippen LogP contribution in [-0.2, 0) is 19.5 Å². The first-order chi connectivity index (χ1) is 14.5. The van der Waals surface area contributed by atoms with Crippen molar-refractivity contribution in [2.45, 2.75) is 19.5 Å². The van der Waals surface area contributed by atoms with Gasteiger partial charge in [-0.15, -0.1) is 0 Å². The fourth-order valence-corrected chi connectivity index (χ4v) is 4.49. The normalized spacial score (nSPS) is 13.3. The Hall–Kier alpha value is -2.87. The third-order valence-electron chi connectivity index (χ3n) is 5.29. The molecule has 2 aromatic carbocycles. The van der Waals surface area contributed by atoms with Crippen LogP contribution in [0.25, 0.3) is 0 Å². The number of methoxy groups -OCH3 is 1.